The van der Waals surface area contributed by atoms with E-state index in [0.29, 0.717) is 11.1 Å². The average molecular weight is 184 g/mol. The molecule has 2 aromatic rings. The maximum absolute atomic E-state index is 9.54. The summed E-state index contributed by atoms with van der Waals surface area (Å²) >= 11 is 0. The number of hydrogen-bond acceptors (Lipinski definition) is 3. The summed E-state index contributed by atoms with van der Waals surface area (Å²) in [6.07, 6.45) is 1.62. The van der Waals surface area contributed by atoms with Gasteiger partial charge < -0.3 is 5.11 Å². The summed E-state index contributed by atoms with van der Waals surface area (Å²) in [5.74, 6) is 0.114. The molecular weight excluding hydrogens is 176 g/mol. The van der Waals surface area contributed by atoms with Crippen molar-refractivity contribution in [2.45, 2.75) is 6.92 Å². The monoisotopic (exact) mass is 184 g/mol. The van der Waals surface area contributed by atoms with Gasteiger partial charge in [-0.25, -0.2) is 0 Å². The average Bonchev–Trinajstić information content (AvgIpc) is 2.20. The van der Waals surface area contributed by atoms with Crippen LogP contribution >= 0.6 is 0 Å². The Kier molecular flexibility index (Phi) is 1.83. The number of pyridine rings is 1. The van der Waals surface area contributed by atoms with Crippen molar-refractivity contribution in [3.63, 3.8) is 0 Å². The Hall–Kier alpha value is -2.08. The molecular formula is C11H8N2O. The van der Waals surface area contributed by atoms with E-state index >= 15 is 0 Å². The molecule has 0 fully saturated rings. The van der Waals surface area contributed by atoms with Gasteiger partial charge >= 0.3 is 0 Å². The fourth-order valence-corrected chi connectivity index (χ4v) is 1.51. The minimum absolute atomic E-state index is 0.114. The number of fused-ring (bicyclic) bond motifs is 1. The lowest BCUT2D eigenvalue weighted by Gasteiger charge is -2.04. The molecule has 1 heterocycles. The molecule has 0 aliphatic rings. The third-order valence-corrected chi connectivity index (χ3v) is 2.20. The summed E-state index contributed by atoms with van der Waals surface area (Å²) in [6.45, 7) is 1.89. The largest absolute Gasteiger partial charge is 0.506 e. The summed E-state index contributed by atoms with van der Waals surface area (Å²) in [7, 11) is 0. The lowest BCUT2D eigenvalue weighted by Crippen LogP contribution is -1.87. The first-order valence-corrected chi connectivity index (χ1v) is 4.21. The van der Waals surface area contributed by atoms with Gasteiger partial charge in [-0.2, -0.15) is 5.26 Å². The van der Waals surface area contributed by atoms with Crippen LogP contribution in [0.1, 0.15) is 11.1 Å². The van der Waals surface area contributed by atoms with Gasteiger partial charge in [0.1, 0.15) is 11.3 Å². The van der Waals surface area contributed by atoms with E-state index < -0.39 is 0 Å². The van der Waals surface area contributed by atoms with Crippen LogP contribution < -0.4 is 0 Å². The molecule has 1 aromatic carbocycles. The fraction of sp³-hybridized carbons (Fsp3) is 0.0909. The van der Waals surface area contributed by atoms with Gasteiger partial charge in [0.05, 0.1) is 11.6 Å². The Balaban J connectivity index is 3.01. The van der Waals surface area contributed by atoms with Crippen molar-refractivity contribution < 1.29 is 5.11 Å². The van der Waals surface area contributed by atoms with E-state index in [1.54, 1.807) is 12.3 Å². The standard InChI is InChI=1S/C11H8N2O/c1-7-4-5-13-11-9(14)3-2-8(6-12)10(7)11/h2-5,14H,1H3. The third kappa shape index (κ3) is 1.09. The Morgan fingerprint density at radius 3 is 2.86 bits per heavy atom. The molecule has 0 aliphatic carbocycles. The molecule has 2 rings (SSSR count). The van der Waals surface area contributed by atoms with Gasteiger partial charge in [-0.15, -0.1) is 0 Å². The van der Waals surface area contributed by atoms with Gasteiger partial charge in [0.25, 0.3) is 0 Å². The third-order valence-electron chi connectivity index (χ3n) is 2.20. The quantitative estimate of drug-likeness (QED) is 0.682. The van der Waals surface area contributed by atoms with E-state index in [0.717, 1.165) is 10.9 Å². The molecule has 0 aliphatic heterocycles. The van der Waals surface area contributed by atoms with Gasteiger partial charge in [0.2, 0.25) is 0 Å². The second kappa shape index (κ2) is 3.00. The number of aromatic hydroxyl groups is 1. The second-order valence-electron chi connectivity index (χ2n) is 3.10. The van der Waals surface area contributed by atoms with Crippen molar-refractivity contribution in [3.05, 3.63) is 35.5 Å². The number of aromatic nitrogens is 1. The van der Waals surface area contributed by atoms with Crippen LogP contribution in [0.3, 0.4) is 0 Å². The summed E-state index contributed by atoms with van der Waals surface area (Å²) in [5.41, 5.74) is 1.98. The molecule has 0 saturated heterocycles. The van der Waals surface area contributed by atoms with Gasteiger partial charge in [0.15, 0.2) is 0 Å². The zero-order chi connectivity index (χ0) is 10.1. The van der Waals surface area contributed by atoms with Crippen molar-refractivity contribution in [3.8, 4) is 11.8 Å². The molecule has 68 valence electrons. The molecule has 1 aromatic heterocycles. The van der Waals surface area contributed by atoms with Crippen LogP contribution in [0.15, 0.2) is 24.4 Å². The fourth-order valence-electron chi connectivity index (χ4n) is 1.51. The molecule has 1 N–H and O–H groups in total. The van der Waals surface area contributed by atoms with Crippen LogP contribution in [-0.2, 0) is 0 Å². The lowest BCUT2D eigenvalue weighted by atomic mass is 10.0. The number of nitriles is 1. The summed E-state index contributed by atoms with van der Waals surface area (Å²) in [4.78, 5) is 4.05. The van der Waals surface area contributed by atoms with Crippen molar-refractivity contribution in [2.75, 3.05) is 0 Å². The van der Waals surface area contributed by atoms with Crippen LogP contribution in [0.2, 0.25) is 0 Å². The highest BCUT2D eigenvalue weighted by Crippen LogP contribution is 2.27. The van der Waals surface area contributed by atoms with Crippen LogP contribution in [0, 0.1) is 18.3 Å². The topological polar surface area (TPSA) is 56.9 Å². The Labute approximate surface area is 81.2 Å². The molecule has 0 amide bonds. The normalized spacial score (nSPS) is 10.0. The van der Waals surface area contributed by atoms with Gasteiger partial charge in [-0.05, 0) is 30.7 Å². The zero-order valence-corrected chi connectivity index (χ0v) is 7.65. The summed E-state index contributed by atoms with van der Waals surface area (Å²) < 4.78 is 0. The lowest BCUT2D eigenvalue weighted by molar-refractivity contribution is 0.480. The number of hydrogen-bond donors (Lipinski definition) is 1. The van der Waals surface area contributed by atoms with Crippen molar-refractivity contribution in [1.29, 1.82) is 5.26 Å². The first kappa shape index (κ1) is 8.52. The van der Waals surface area contributed by atoms with E-state index in [-0.39, 0.29) is 5.75 Å². The van der Waals surface area contributed by atoms with Gasteiger partial charge in [0, 0.05) is 11.6 Å². The van der Waals surface area contributed by atoms with E-state index in [1.807, 2.05) is 13.0 Å². The maximum atomic E-state index is 9.54. The molecule has 14 heavy (non-hydrogen) atoms. The minimum Gasteiger partial charge on any atom is -0.506 e. The van der Waals surface area contributed by atoms with E-state index in [1.165, 1.54) is 6.07 Å². The number of phenols is 1. The smallest absolute Gasteiger partial charge is 0.141 e. The Morgan fingerprint density at radius 1 is 1.36 bits per heavy atom. The number of aryl methyl sites for hydroxylation is 1. The molecule has 0 atom stereocenters. The highest BCUT2D eigenvalue weighted by Gasteiger charge is 2.07. The Morgan fingerprint density at radius 2 is 2.14 bits per heavy atom. The SMILES string of the molecule is Cc1ccnc2c(O)ccc(C#N)c12. The molecule has 0 unspecified atom stereocenters. The summed E-state index contributed by atoms with van der Waals surface area (Å²) in [5, 5.41) is 19.2. The molecule has 3 heteroatoms. The van der Waals surface area contributed by atoms with E-state index in [9.17, 15) is 5.11 Å². The molecule has 0 saturated carbocycles. The van der Waals surface area contributed by atoms with Crippen LogP contribution in [0.4, 0.5) is 0 Å². The second-order valence-corrected chi connectivity index (χ2v) is 3.10. The molecule has 0 bridgehead atoms. The van der Waals surface area contributed by atoms with E-state index in [4.69, 9.17) is 5.26 Å². The van der Waals surface area contributed by atoms with Gasteiger partial charge in [-0.3, -0.25) is 4.98 Å². The van der Waals surface area contributed by atoms with Crippen LogP contribution in [0.25, 0.3) is 10.9 Å². The van der Waals surface area contributed by atoms with Gasteiger partial charge in [-0.1, -0.05) is 0 Å². The molecule has 0 radical (unpaired) electrons. The number of phenolic OH excluding ortho intramolecular Hbond substituents is 1. The number of rotatable bonds is 0. The van der Waals surface area contributed by atoms with E-state index in [2.05, 4.69) is 11.1 Å². The van der Waals surface area contributed by atoms with Crippen LogP contribution in [-0.4, -0.2) is 10.1 Å². The van der Waals surface area contributed by atoms with Crippen molar-refractivity contribution in [1.82, 2.24) is 4.98 Å². The zero-order valence-electron chi connectivity index (χ0n) is 7.65. The minimum atomic E-state index is 0.114. The predicted octanol–water partition coefficient (Wildman–Crippen LogP) is 2.12. The molecule has 0 spiro atoms. The molecule has 3 nitrogen and oxygen atoms in total. The summed E-state index contributed by atoms with van der Waals surface area (Å²) in [6, 6.07) is 7.01. The first-order valence-electron chi connectivity index (χ1n) is 4.21. The maximum Gasteiger partial charge on any atom is 0.141 e. The van der Waals surface area contributed by atoms with Crippen molar-refractivity contribution in [2.24, 2.45) is 0 Å². The van der Waals surface area contributed by atoms with Crippen LogP contribution in [0.5, 0.6) is 5.75 Å². The number of nitrogens with zero attached hydrogens (tertiary/aromatic N) is 2. The van der Waals surface area contributed by atoms with Crippen molar-refractivity contribution >= 4 is 10.9 Å². The highest BCUT2D eigenvalue weighted by molar-refractivity contribution is 5.91. The number of benzene rings is 1. The first-order chi connectivity index (χ1) is 6.74. The predicted molar refractivity (Wildman–Crippen MR) is 52.9 cm³/mol. The highest BCUT2D eigenvalue weighted by atomic mass is 16.3. The Bertz CT molecular complexity index is 541.